The van der Waals surface area contributed by atoms with Crippen molar-refractivity contribution < 1.29 is 14.7 Å². The minimum atomic E-state index is -0.0756. The molecule has 1 heterocycles. The van der Waals surface area contributed by atoms with E-state index < -0.39 is 0 Å². The summed E-state index contributed by atoms with van der Waals surface area (Å²) in [5.74, 6) is 0.283. The van der Waals surface area contributed by atoms with Crippen LogP contribution in [0.5, 0.6) is 0 Å². The molecular formula is C12H19NO3. The van der Waals surface area contributed by atoms with Gasteiger partial charge in [0.25, 0.3) is 0 Å². The minimum Gasteiger partial charge on any atom is -0.396 e. The first kappa shape index (κ1) is 11.6. The monoisotopic (exact) mass is 225 g/mol. The second kappa shape index (κ2) is 4.17. The number of hydrogen-bond donors (Lipinski definition) is 1. The molecule has 90 valence electrons. The molecule has 1 saturated heterocycles. The SMILES string of the molecule is CC1CC2C(=O)N(CC(C)CO)C(=O)C2C1. The van der Waals surface area contributed by atoms with E-state index >= 15 is 0 Å². The number of aliphatic hydroxyl groups excluding tert-OH is 1. The zero-order valence-electron chi connectivity index (χ0n) is 9.85. The molecule has 0 radical (unpaired) electrons. The van der Waals surface area contributed by atoms with E-state index in [0.29, 0.717) is 12.5 Å². The number of amides is 2. The summed E-state index contributed by atoms with van der Waals surface area (Å²) in [6, 6.07) is 0. The van der Waals surface area contributed by atoms with E-state index in [2.05, 4.69) is 6.92 Å². The predicted molar refractivity (Wildman–Crippen MR) is 58.3 cm³/mol. The molecular weight excluding hydrogens is 206 g/mol. The highest BCUT2D eigenvalue weighted by Crippen LogP contribution is 2.42. The molecule has 2 aliphatic rings. The molecule has 1 saturated carbocycles. The quantitative estimate of drug-likeness (QED) is 0.717. The van der Waals surface area contributed by atoms with Crippen molar-refractivity contribution in [2.45, 2.75) is 26.7 Å². The minimum absolute atomic E-state index is 0.0142. The fourth-order valence-electron chi connectivity index (χ4n) is 2.90. The van der Waals surface area contributed by atoms with E-state index in [4.69, 9.17) is 5.11 Å². The van der Waals surface area contributed by atoms with Crippen molar-refractivity contribution in [2.24, 2.45) is 23.7 Å². The average molecular weight is 225 g/mol. The van der Waals surface area contributed by atoms with E-state index in [1.807, 2.05) is 6.92 Å². The number of likely N-dealkylation sites (tertiary alicyclic amines) is 1. The van der Waals surface area contributed by atoms with Crippen LogP contribution < -0.4 is 0 Å². The van der Waals surface area contributed by atoms with E-state index in [1.165, 1.54) is 4.90 Å². The van der Waals surface area contributed by atoms with Gasteiger partial charge in [0.05, 0.1) is 11.8 Å². The van der Waals surface area contributed by atoms with Gasteiger partial charge in [0.2, 0.25) is 11.8 Å². The predicted octanol–water partition coefficient (Wildman–Crippen LogP) is 0.646. The zero-order chi connectivity index (χ0) is 11.9. The second-order valence-corrected chi connectivity index (χ2v) is 5.36. The summed E-state index contributed by atoms with van der Waals surface area (Å²) in [7, 11) is 0. The molecule has 2 amide bonds. The number of hydrogen-bond acceptors (Lipinski definition) is 3. The van der Waals surface area contributed by atoms with Crippen molar-refractivity contribution in [3.05, 3.63) is 0 Å². The van der Waals surface area contributed by atoms with Gasteiger partial charge in [0, 0.05) is 13.2 Å². The number of fused-ring (bicyclic) bond motifs is 1. The van der Waals surface area contributed by atoms with Gasteiger partial charge in [-0.3, -0.25) is 14.5 Å². The Labute approximate surface area is 95.6 Å². The highest BCUT2D eigenvalue weighted by molar-refractivity contribution is 6.05. The van der Waals surface area contributed by atoms with Crippen LogP contribution in [0.4, 0.5) is 0 Å². The Morgan fingerprint density at radius 1 is 1.31 bits per heavy atom. The maximum Gasteiger partial charge on any atom is 0.233 e. The molecule has 3 atom stereocenters. The van der Waals surface area contributed by atoms with Gasteiger partial charge >= 0.3 is 0 Å². The van der Waals surface area contributed by atoms with Crippen LogP contribution in [-0.2, 0) is 9.59 Å². The first-order valence-corrected chi connectivity index (χ1v) is 6.00. The summed E-state index contributed by atoms with van der Waals surface area (Å²) in [6.45, 7) is 4.33. The van der Waals surface area contributed by atoms with E-state index in [1.54, 1.807) is 0 Å². The van der Waals surface area contributed by atoms with Crippen LogP contribution in [0.15, 0.2) is 0 Å². The van der Waals surface area contributed by atoms with Crippen molar-refractivity contribution in [2.75, 3.05) is 13.2 Å². The number of imide groups is 1. The van der Waals surface area contributed by atoms with Gasteiger partial charge in [0.1, 0.15) is 0 Å². The number of carbonyl (C=O) groups is 2. The molecule has 4 nitrogen and oxygen atoms in total. The topological polar surface area (TPSA) is 57.6 Å². The molecule has 2 rings (SSSR count). The molecule has 1 N–H and O–H groups in total. The van der Waals surface area contributed by atoms with Gasteiger partial charge in [0.15, 0.2) is 0 Å². The van der Waals surface area contributed by atoms with Crippen molar-refractivity contribution >= 4 is 11.8 Å². The first-order chi connectivity index (χ1) is 7.54. The molecule has 3 unspecified atom stereocenters. The Morgan fingerprint density at radius 3 is 2.25 bits per heavy atom. The zero-order valence-corrected chi connectivity index (χ0v) is 9.85. The van der Waals surface area contributed by atoms with Gasteiger partial charge < -0.3 is 5.11 Å². The average Bonchev–Trinajstić information content (AvgIpc) is 2.73. The molecule has 0 aromatic heterocycles. The number of aliphatic hydroxyl groups is 1. The lowest BCUT2D eigenvalue weighted by atomic mass is 10.00. The van der Waals surface area contributed by atoms with Crippen LogP contribution in [0.3, 0.4) is 0 Å². The number of nitrogens with zero attached hydrogens (tertiary/aromatic N) is 1. The summed E-state index contributed by atoms with van der Waals surface area (Å²) in [5, 5.41) is 8.96. The Hall–Kier alpha value is -0.900. The summed E-state index contributed by atoms with van der Waals surface area (Å²) in [4.78, 5) is 25.4. The van der Waals surface area contributed by atoms with E-state index in [9.17, 15) is 9.59 Å². The highest BCUT2D eigenvalue weighted by Gasteiger charge is 2.51. The molecule has 4 heteroatoms. The lowest BCUT2D eigenvalue weighted by molar-refractivity contribution is -0.141. The summed E-state index contributed by atoms with van der Waals surface area (Å²) >= 11 is 0. The fourth-order valence-corrected chi connectivity index (χ4v) is 2.90. The third-order valence-corrected chi connectivity index (χ3v) is 3.77. The van der Waals surface area contributed by atoms with Crippen molar-refractivity contribution in [1.82, 2.24) is 4.90 Å². The van der Waals surface area contributed by atoms with Crippen molar-refractivity contribution in [3.63, 3.8) is 0 Å². The number of carbonyl (C=O) groups excluding carboxylic acids is 2. The van der Waals surface area contributed by atoms with Crippen LogP contribution in [0.1, 0.15) is 26.7 Å². The van der Waals surface area contributed by atoms with Gasteiger partial charge in [-0.05, 0) is 24.7 Å². The Bertz CT molecular complexity index is 291. The molecule has 0 spiro atoms. The molecule has 1 aliphatic heterocycles. The second-order valence-electron chi connectivity index (χ2n) is 5.36. The van der Waals surface area contributed by atoms with Crippen molar-refractivity contribution in [3.8, 4) is 0 Å². The molecule has 2 fully saturated rings. The summed E-state index contributed by atoms with van der Waals surface area (Å²) < 4.78 is 0. The maximum absolute atomic E-state index is 12.0. The Morgan fingerprint density at radius 2 is 1.81 bits per heavy atom. The van der Waals surface area contributed by atoms with Crippen LogP contribution in [0.25, 0.3) is 0 Å². The van der Waals surface area contributed by atoms with E-state index in [0.717, 1.165) is 12.8 Å². The molecule has 0 aromatic rings. The smallest absolute Gasteiger partial charge is 0.233 e. The third-order valence-electron chi connectivity index (χ3n) is 3.77. The normalized spacial score (nSPS) is 35.7. The fraction of sp³-hybridized carbons (Fsp3) is 0.833. The van der Waals surface area contributed by atoms with E-state index in [-0.39, 0.29) is 36.2 Å². The van der Waals surface area contributed by atoms with Gasteiger partial charge in [-0.1, -0.05) is 13.8 Å². The molecule has 16 heavy (non-hydrogen) atoms. The summed E-state index contributed by atoms with van der Waals surface area (Å²) in [6.07, 6.45) is 1.69. The first-order valence-electron chi connectivity index (χ1n) is 6.00. The van der Waals surface area contributed by atoms with Gasteiger partial charge in [-0.15, -0.1) is 0 Å². The summed E-state index contributed by atoms with van der Waals surface area (Å²) in [5.41, 5.74) is 0. The molecule has 1 aliphatic carbocycles. The molecule has 0 bridgehead atoms. The highest BCUT2D eigenvalue weighted by atomic mass is 16.3. The standard InChI is InChI=1S/C12H19NO3/c1-7-3-9-10(4-7)12(16)13(11(9)15)5-8(2)6-14/h7-10,14H,3-6H2,1-2H3. The van der Waals surface area contributed by atoms with Crippen molar-refractivity contribution in [1.29, 1.82) is 0 Å². The Balaban J connectivity index is 2.08. The van der Waals surface area contributed by atoms with Crippen LogP contribution in [0, 0.1) is 23.7 Å². The number of rotatable bonds is 3. The maximum atomic E-state index is 12.0. The lowest BCUT2D eigenvalue weighted by Crippen LogP contribution is -2.36. The lowest BCUT2D eigenvalue weighted by Gasteiger charge is -2.19. The van der Waals surface area contributed by atoms with Gasteiger partial charge in [-0.2, -0.15) is 0 Å². The van der Waals surface area contributed by atoms with Gasteiger partial charge in [-0.25, -0.2) is 0 Å². The molecule has 0 aromatic carbocycles. The van der Waals surface area contributed by atoms with Crippen LogP contribution in [-0.4, -0.2) is 35.0 Å². The third kappa shape index (κ3) is 1.75. The van der Waals surface area contributed by atoms with Crippen LogP contribution >= 0.6 is 0 Å². The van der Waals surface area contributed by atoms with Crippen LogP contribution in [0.2, 0.25) is 0 Å². The largest absolute Gasteiger partial charge is 0.396 e. The Kier molecular flexibility index (Phi) is 3.02.